The molecule has 1 aromatic carbocycles. The number of sulfonamides is 1. The number of fused-ring (bicyclic) bond motifs is 3. The van der Waals surface area contributed by atoms with Crippen LogP contribution < -0.4 is 4.31 Å². The third-order valence-corrected chi connectivity index (χ3v) is 8.04. The second-order valence-electron chi connectivity index (χ2n) is 6.92. The van der Waals surface area contributed by atoms with Crippen LogP contribution in [0.15, 0.2) is 46.0 Å². The van der Waals surface area contributed by atoms with Crippen LogP contribution in [0.3, 0.4) is 0 Å². The largest absolute Gasteiger partial charge is 0.275 e. The molecule has 3 heterocycles. The molecule has 0 atom stereocenters. The van der Waals surface area contributed by atoms with Crippen LogP contribution in [0, 0.1) is 0 Å². The zero-order valence-electron chi connectivity index (χ0n) is 15.3. The van der Waals surface area contributed by atoms with Crippen molar-refractivity contribution in [3.05, 3.63) is 47.6 Å². The first-order valence-electron chi connectivity index (χ1n) is 9.31. The molecule has 1 saturated carbocycles. The molecule has 0 radical (unpaired) electrons. The van der Waals surface area contributed by atoms with Gasteiger partial charge in [0.05, 0.1) is 11.0 Å². The number of anilines is 1. The maximum absolute atomic E-state index is 13.4. The van der Waals surface area contributed by atoms with Crippen LogP contribution in [0.4, 0.5) is 5.82 Å². The molecule has 0 amide bonds. The van der Waals surface area contributed by atoms with Crippen molar-refractivity contribution >= 4 is 43.9 Å². The maximum atomic E-state index is 13.4. The molecule has 0 aliphatic heterocycles. The van der Waals surface area contributed by atoms with E-state index in [4.69, 9.17) is 4.98 Å². The summed E-state index contributed by atoms with van der Waals surface area (Å²) in [6.45, 7) is 2.28. The van der Waals surface area contributed by atoms with Gasteiger partial charge in [-0.1, -0.05) is 25.1 Å². The fourth-order valence-corrected chi connectivity index (χ4v) is 6.04. The van der Waals surface area contributed by atoms with Crippen LogP contribution in [0.2, 0.25) is 0 Å². The van der Waals surface area contributed by atoms with Crippen LogP contribution in [0.25, 0.3) is 16.7 Å². The Morgan fingerprint density at radius 2 is 2.00 bits per heavy atom. The van der Waals surface area contributed by atoms with Gasteiger partial charge >= 0.3 is 0 Å². The van der Waals surface area contributed by atoms with Crippen LogP contribution >= 0.6 is 11.3 Å². The van der Waals surface area contributed by atoms with E-state index in [1.54, 1.807) is 17.5 Å². The molecular formula is C19H19N5O2S2. The monoisotopic (exact) mass is 413 g/mol. The lowest BCUT2D eigenvalue weighted by Gasteiger charge is -2.23. The topological polar surface area (TPSA) is 80.5 Å². The molecule has 7 nitrogen and oxygen atoms in total. The second-order valence-corrected chi connectivity index (χ2v) is 9.96. The molecular weight excluding hydrogens is 394 g/mol. The number of benzene rings is 1. The number of hydrogen-bond acceptors (Lipinski definition) is 6. The highest BCUT2D eigenvalue weighted by atomic mass is 32.2. The van der Waals surface area contributed by atoms with Crippen LogP contribution in [0.5, 0.6) is 0 Å². The summed E-state index contributed by atoms with van der Waals surface area (Å²) in [5, 5.41) is 10.6. The average molecular weight is 414 g/mol. The van der Waals surface area contributed by atoms with E-state index in [2.05, 4.69) is 10.2 Å². The van der Waals surface area contributed by atoms with Gasteiger partial charge in [0.15, 0.2) is 5.82 Å². The van der Waals surface area contributed by atoms with Crippen molar-refractivity contribution in [1.29, 1.82) is 0 Å². The Balaban J connectivity index is 1.81. The van der Waals surface area contributed by atoms with Crippen molar-refractivity contribution < 1.29 is 8.42 Å². The number of aromatic nitrogens is 4. The van der Waals surface area contributed by atoms with Gasteiger partial charge in [-0.2, -0.15) is 0 Å². The number of hydrogen-bond donors (Lipinski definition) is 0. The van der Waals surface area contributed by atoms with Crippen molar-refractivity contribution in [2.45, 2.75) is 36.3 Å². The fraction of sp³-hybridized carbons (Fsp3) is 0.316. The van der Waals surface area contributed by atoms with Crippen LogP contribution in [-0.2, 0) is 10.0 Å². The Hall–Kier alpha value is -2.52. The maximum Gasteiger partial charge on any atom is 0.275 e. The summed E-state index contributed by atoms with van der Waals surface area (Å²) in [5.74, 6) is 1.61. The van der Waals surface area contributed by atoms with Crippen LogP contribution in [-0.4, -0.2) is 34.5 Å². The molecule has 0 bridgehead atoms. The van der Waals surface area contributed by atoms with E-state index in [1.807, 2.05) is 35.6 Å². The first-order valence-corrected chi connectivity index (χ1v) is 11.6. The van der Waals surface area contributed by atoms with Gasteiger partial charge in [0.25, 0.3) is 10.0 Å². The van der Waals surface area contributed by atoms with Crippen molar-refractivity contribution in [2.24, 2.45) is 0 Å². The molecule has 5 rings (SSSR count). The van der Waals surface area contributed by atoms with E-state index in [9.17, 15) is 8.42 Å². The SMILES string of the molecule is CCCN(c1nc2ccccc2n2c(C3CC3)nnc12)S(=O)(=O)c1cccs1. The molecule has 3 aromatic heterocycles. The number of thiophene rings is 1. The highest BCUT2D eigenvalue weighted by Crippen LogP contribution is 2.41. The number of nitrogens with zero attached hydrogens (tertiary/aromatic N) is 5. The van der Waals surface area contributed by atoms with Gasteiger partial charge in [0, 0.05) is 12.5 Å². The van der Waals surface area contributed by atoms with Crippen molar-refractivity contribution in [1.82, 2.24) is 19.6 Å². The first-order chi connectivity index (χ1) is 13.6. The molecule has 0 N–H and O–H groups in total. The summed E-state index contributed by atoms with van der Waals surface area (Å²) in [6, 6.07) is 11.1. The lowest BCUT2D eigenvalue weighted by molar-refractivity contribution is 0.591. The highest BCUT2D eigenvalue weighted by Gasteiger charge is 2.33. The molecule has 0 unspecified atom stereocenters. The minimum absolute atomic E-state index is 0.302. The Kier molecular flexibility index (Phi) is 4.09. The fourth-order valence-electron chi connectivity index (χ4n) is 3.43. The van der Waals surface area contributed by atoms with E-state index in [1.165, 1.54) is 15.6 Å². The quantitative estimate of drug-likeness (QED) is 0.480. The minimum atomic E-state index is -3.72. The molecule has 4 aromatic rings. The Morgan fingerprint density at radius 3 is 2.71 bits per heavy atom. The lowest BCUT2D eigenvalue weighted by Crippen LogP contribution is -2.32. The number of para-hydroxylation sites is 2. The average Bonchev–Trinajstić information content (AvgIpc) is 3.20. The molecule has 9 heteroatoms. The second kappa shape index (κ2) is 6.52. The zero-order chi connectivity index (χ0) is 19.3. The molecule has 144 valence electrons. The van der Waals surface area contributed by atoms with E-state index >= 15 is 0 Å². The predicted octanol–water partition coefficient (Wildman–Crippen LogP) is 3.82. The van der Waals surface area contributed by atoms with Crippen molar-refractivity contribution in [3.8, 4) is 0 Å². The summed E-state index contributed by atoms with van der Waals surface area (Å²) >= 11 is 1.21. The molecule has 28 heavy (non-hydrogen) atoms. The number of rotatable bonds is 6. The van der Waals surface area contributed by atoms with E-state index < -0.39 is 10.0 Å². The van der Waals surface area contributed by atoms with Crippen molar-refractivity contribution in [3.63, 3.8) is 0 Å². The van der Waals surface area contributed by atoms with E-state index in [0.29, 0.717) is 34.6 Å². The van der Waals surface area contributed by atoms with E-state index in [-0.39, 0.29) is 0 Å². The highest BCUT2D eigenvalue weighted by molar-refractivity contribution is 7.94. The summed E-state index contributed by atoms with van der Waals surface area (Å²) < 4.78 is 30.4. The summed E-state index contributed by atoms with van der Waals surface area (Å²) in [7, 11) is -3.72. The Bertz CT molecular complexity index is 1260. The van der Waals surface area contributed by atoms with E-state index in [0.717, 1.165) is 29.7 Å². The van der Waals surface area contributed by atoms with Crippen molar-refractivity contribution in [2.75, 3.05) is 10.8 Å². The zero-order valence-corrected chi connectivity index (χ0v) is 16.9. The lowest BCUT2D eigenvalue weighted by atomic mass is 10.3. The van der Waals surface area contributed by atoms with Gasteiger partial charge in [0.2, 0.25) is 5.65 Å². The predicted molar refractivity (Wildman–Crippen MR) is 109 cm³/mol. The van der Waals surface area contributed by atoms with Gasteiger partial charge in [-0.25, -0.2) is 17.7 Å². The molecule has 0 spiro atoms. The molecule has 1 aliphatic rings. The Morgan fingerprint density at radius 1 is 1.18 bits per heavy atom. The van der Waals surface area contributed by atoms with Gasteiger partial charge < -0.3 is 0 Å². The molecule has 0 saturated heterocycles. The molecule has 1 aliphatic carbocycles. The van der Waals surface area contributed by atoms with Gasteiger partial charge in [-0.15, -0.1) is 21.5 Å². The Labute approximate surface area is 166 Å². The third kappa shape index (κ3) is 2.68. The standard InChI is InChI=1S/C19H19N5O2S2/c1-2-11-23(28(25,26)16-8-5-12-27-16)18-19-22-21-17(13-9-10-13)24(19)15-7-4-3-6-14(15)20-18/h3-8,12-13H,2,9-11H2,1H3. The molecule has 1 fully saturated rings. The third-order valence-electron chi connectivity index (χ3n) is 4.88. The normalized spacial score (nSPS) is 14.8. The van der Waals surface area contributed by atoms with Gasteiger partial charge in [-0.05, 0) is 42.8 Å². The minimum Gasteiger partial charge on any atom is -0.274 e. The smallest absolute Gasteiger partial charge is 0.274 e. The van der Waals surface area contributed by atoms with Gasteiger partial charge in [-0.3, -0.25) is 4.40 Å². The first kappa shape index (κ1) is 17.6. The van der Waals surface area contributed by atoms with Crippen LogP contribution in [0.1, 0.15) is 37.9 Å². The van der Waals surface area contributed by atoms with Gasteiger partial charge in [0.1, 0.15) is 10.0 Å². The summed E-state index contributed by atoms with van der Waals surface area (Å²) in [4.78, 5) is 4.72. The summed E-state index contributed by atoms with van der Waals surface area (Å²) in [5.41, 5.74) is 2.13. The summed E-state index contributed by atoms with van der Waals surface area (Å²) in [6.07, 6.45) is 2.83.